The second-order valence-electron chi connectivity index (χ2n) is 5.72. The molecule has 1 aliphatic rings. The van der Waals surface area contributed by atoms with Gasteiger partial charge in [0.2, 0.25) is 0 Å². The highest BCUT2D eigenvalue weighted by atomic mass is 127. The van der Waals surface area contributed by atoms with Crippen LogP contribution in [0.25, 0.3) is 0 Å². The van der Waals surface area contributed by atoms with Gasteiger partial charge in [0, 0.05) is 19.6 Å². The van der Waals surface area contributed by atoms with Gasteiger partial charge in [-0.05, 0) is 36.5 Å². The standard InChI is InChI=1S/C17H27N3O2.HI/c1-5-8-22-15-7-6-13(10-16(15)21-4)11-19-17(18-3)20-14-9-12(14)2;/h6-7,10,12,14H,5,8-9,11H2,1-4H3,(H2,18,19,20);1H. The molecular formula is C17H28IN3O2. The Kier molecular flexibility index (Phi) is 8.51. The SMILES string of the molecule is CCCOc1ccc(CNC(=NC)NC2CC2C)cc1OC.I. The van der Waals surface area contributed by atoms with E-state index in [1.807, 2.05) is 18.2 Å². The van der Waals surface area contributed by atoms with Gasteiger partial charge >= 0.3 is 0 Å². The van der Waals surface area contributed by atoms with E-state index in [0.717, 1.165) is 35.4 Å². The number of ether oxygens (including phenoxy) is 2. The molecule has 6 heteroatoms. The third-order valence-electron chi connectivity index (χ3n) is 3.80. The minimum absolute atomic E-state index is 0. The molecule has 2 rings (SSSR count). The van der Waals surface area contributed by atoms with Crippen LogP contribution >= 0.6 is 24.0 Å². The highest BCUT2D eigenvalue weighted by Gasteiger charge is 2.33. The fourth-order valence-corrected chi connectivity index (χ4v) is 2.23. The fraction of sp³-hybridized carbons (Fsp3) is 0.588. The molecule has 0 bridgehead atoms. The van der Waals surface area contributed by atoms with Crippen molar-refractivity contribution in [3.05, 3.63) is 23.8 Å². The third kappa shape index (κ3) is 6.08. The Labute approximate surface area is 156 Å². The fourth-order valence-electron chi connectivity index (χ4n) is 2.23. The van der Waals surface area contributed by atoms with E-state index in [1.165, 1.54) is 6.42 Å². The zero-order chi connectivity index (χ0) is 15.9. The Morgan fingerprint density at radius 1 is 1.35 bits per heavy atom. The zero-order valence-corrected chi connectivity index (χ0v) is 16.7. The molecule has 2 N–H and O–H groups in total. The molecule has 1 aliphatic carbocycles. The summed E-state index contributed by atoms with van der Waals surface area (Å²) in [6.07, 6.45) is 2.20. The molecule has 0 amide bonds. The van der Waals surface area contributed by atoms with Gasteiger partial charge in [0.05, 0.1) is 13.7 Å². The van der Waals surface area contributed by atoms with Crippen LogP contribution < -0.4 is 20.1 Å². The van der Waals surface area contributed by atoms with Crippen LogP contribution in [0.15, 0.2) is 23.2 Å². The Balaban J connectivity index is 0.00000264. The van der Waals surface area contributed by atoms with E-state index in [-0.39, 0.29) is 24.0 Å². The predicted octanol–water partition coefficient (Wildman–Crippen LogP) is 3.18. The van der Waals surface area contributed by atoms with Gasteiger partial charge < -0.3 is 20.1 Å². The van der Waals surface area contributed by atoms with E-state index < -0.39 is 0 Å². The van der Waals surface area contributed by atoms with E-state index in [1.54, 1.807) is 14.2 Å². The summed E-state index contributed by atoms with van der Waals surface area (Å²) in [6.45, 7) is 5.73. The van der Waals surface area contributed by atoms with Crippen molar-refractivity contribution in [2.45, 2.75) is 39.3 Å². The number of guanidine groups is 1. The summed E-state index contributed by atoms with van der Waals surface area (Å²) in [6, 6.07) is 6.58. The predicted molar refractivity (Wildman–Crippen MR) is 105 cm³/mol. The van der Waals surface area contributed by atoms with E-state index >= 15 is 0 Å². The van der Waals surface area contributed by atoms with Crippen LogP contribution in [0.5, 0.6) is 11.5 Å². The number of aliphatic imine (C=N–C) groups is 1. The molecule has 1 saturated carbocycles. The van der Waals surface area contributed by atoms with Crippen molar-refractivity contribution < 1.29 is 9.47 Å². The van der Waals surface area contributed by atoms with E-state index in [9.17, 15) is 0 Å². The first-order valence-corrected chi connectivity index (χ1v) is 7.94. The molecule has 2 unspecified atom stereocenters. The molecule has 0 aliphatic heterocycles. The van der Waals surface area contributed by atoms with Crippen LogP contribution in [-0.2, 0) is 6.54 Å². The van der Waals surface area contributed by atoms with Crippen molar-refractivity contribution in [2.75, 3.05) is 20.8 Å². The minimum atomic E-state index is 0. The van der Waals surface area contributed by atoms with E-state index in [0.29, 0.717) is 19.2 Å². The molecule has 0 radical (unpaired) electrons. The van der Waals surface area contributed by atoms with Gasteiger partial charge in [-0.25, -0.2) is 0 Å². The molecule has 1 fully saturated rings. The molecule has 1 aromatic carbocycles. The Bertz CT molecular complexity index is 523. The second kappa shape index (κ2) is 9.85. The lowest BCUT2D eigenvalue weighted by atomic mass is 10.2. The lowest BCUT2D eigenvalue weighted by Crippen LogP contribution is -2.38. The monoisotopic (exact) mass is 433 g/mol. The van der Waals surface area contributed by atoms with Crippen LogP contribution in [0, 0.1) is 5.92 Å². The normalized spacial score (nSPS) is 19.6. The molecule has 5 nitrogen and oxygen atoms in total. The van der Waals surface area contributed by atoms with Crippen molar-refractivity contribution in [3.8, 4) is 11.5 Å². The quantitative estimate of drug-likeness (QED) is 0.394. The minimum Gasteiger partial charge on any atom is -0.493 e. The lowest BCUT2D eigenvalue weighted by Gasteiger charge is -2.14. The maximum atomic E-state index is 5.67. The third-order valence-corrected chi connectivity index (χ3v) is 3.80. The molecule has 0 saturated heterocycles. The number of nitrogens with zero attached hydrogens (tertiary/aromatic N) is 1. The van der Waals surface area contributed by atoms with Crippen molar-refractivity contribution in [2.24, 2.45) is 10.9 Å². The maximum absolute atomic E-state index is 5.67. The van der Waals surface area contributed by atoms with Crippen molar-refractivity contribution >= 4 is 29.9 Å². The largest absolute Gasteiger partial charge is 0.493 e. The number of hydrogen-bond acceptors (Lipinski definition) is 3. The molecule has 0 spiro atoms. The molecule has 0 heterocycles. The van der Waals surface area contributed by atoms with Gasteiger partial charge in [-0.3, -0.25) is 4.99 Å². The van der Waals surface area contributed by atoms with Crippen LogP contribution in [0.1, 0.15) is 32.3 Å². The van der Waals surface area contributed by atoms with E-state index in [4.69, 9.17) is 9.47 Å². The number of halogens is 1. The highest BCUT2D eigenvalue weighted by molar-refractivity contribution is 14.0. The zero-order valence-electron chi connectivity index (χ0n) is 14.4. The van der Waals surface area contributed by atoms with Gasteiger partial charge in [-0.15, -0.1) is 24.0 Å². The first-order valence-electron chi connectivity index (χ1n) is 7.94. The molecular weight excluding hydrogens is 405 g/mol. The molecule has 130 valence electrons. The van der Waals surface area contributed by atoms with Crippen molar-refractivity contribution in [1.82, 2.24) is 10.6 Å². The number of rotatable bonds is 7. The lowest BCUT2D eigenvalue weighted by molar-refractivity contribution is 0.294. The number of methoxy groups -OCH3 is 1. The Morgan fingerprint density at radius 2 is 2.09 bits per heavy atom. The molecule has 2 atom stereocenters. The number of hydrogen-bond donors (Lipinski definition) is 2. The Morgan fingerprint density at radius 3 is 2.65 bits per heavy atom. The average Bonchev–Trinajstić information content (AvgIpc) is 3.24. The van der Waals surface area contributed by atoms with Crippen LogP contribution in [0.2, 0.25) is 0 Å². The number of benzene rings is 1. The smallest absolute Gasteiger partial charge is 0.191 e. The topological polar surface area (TPSA) is 54.9 Å². The summed E-state index contributed by atoms with van der Waals surface area (Å²) < 4.78 is 11.1. The van der Waals surface area contributed by atoms with Gasteiger partial charge in [0.15, 0.2) is 17.5 Å². The summed E-state index contributed by atoms with van der Waals surface area (Å²) >= 11 is 0. The summed E-state index contributed by atoms with van der Waals surface area (Å²) in [4.78, 5) is 4.26. The van der Waals surface area contributed by atoms with Gasteiger partial charge in [-0.2, -0.15) is 0 Å². The number of nitrogens with one attached hydrogen (secondary N) is 2. The average molecular weight is 433 g/mol. The summed E-state index contributed by atoms with van der Waals surface area (Å²) in [5.74, 6) is 3.15. The van der Waals surface area contributed by atoms with Crippen LogP contribution in [-0.4, -0.2) is 32.8 Å². The Hall–Kier alpha value is -1.18. The first-order chi connectivity index (χ1) is 10.7. The molecule has 0 aromatic heterocycles. The second-order valence-corrected chi connectivity index (χ2v) is 5.72. The van der Waals surface area contributed by atoms with Gasteiger partial charge in [-0.1, -0.05) is 19.9 Å². The maximum Gasteiger partial charge on any atom is 0.191 e. The van der Waals surface area contributed by atoms with Crippen LogP contribution in [0.3, 0.4) is 0 Å². The summed E-state index contributed by atoms with van der Waals surface area (Å²) in [5, 5.41) is 6.75. The summed E-state index contributed by atoms with van der Waals surface area (Å²) in [5.41, 5.74) is 1.13. The first kappa shape index (κ1) is 19.9. The molecule has 1 aromatic rings. The highest BCUT2D eigenvalue weighted by Crippen LogP contribution is 2.29. The van der Waals surface area contributed by atoms with Crippen molar-refractivity contribution in [3.63, 3.8) is 0 Å². The molecule has 23 heavy (non-hydrogen) atoms. The van der Waals surface area contributed by atoms with Crippen LogP contribution in [0.4, 0.5) is 0 Å². The summed E-state index contributed by atoms with van der Waals surface area (Å²) in [7, 11) is 3.46. The van der Waals surface area contributed by atoms with Gasteiger partial charge in [0.25, 0.3) is 0 Å². The van der Waals surface area contributed by atoms with Crippen molar-refractivity contribution in [1.29, 1.82) is 0 Å². The van der Waals surface area contributed by atoms with E-state index in [2.05, 4.69) is 29.5 Å². The van der Waals surface area contributed by atoms with Gasteiger partial charge in [0.1, 0.15) is 0 Å².